The lowest BCUT2D eigenvalue weighted by Gasteiger charge is -2.64. The number of Topliss-reactive ketones (excluding diaryl/α,β-unsaturated/α-hetero) is 5. The molecule has 2 aliphatic rings. The summed E-state index contributed by atoms with van der Waals surface area (Å²) in [7, 11) is 0. The number of ketones is 5. The van der Waals surface area contributed by atoms with E-state index in [2.05, 4.69) is 0 Å². The molecular formula is C28H38O19. The molecule has 0 amide bonds. The number of hydrogen-bond donors (Lipinski definition) is 5. The average molecular weight is 679 g/mol. The van der Waals surface area contributed by atoms with E-state index >= 15 is 0 Å². The second-order valence-electron chi connectivity index (χ2n) is 11.2. The molecule has 0 aromatic heterocycles. The van der Waals surface area contributed by atoms with Crippen molar-refractivity contribution in [3.63, 3.8) is 0 Å². The topological polar surface area (TPSA) is 293 Å². The van der Waals surface area contributed by atoms with Crippen LogP contribution in [-0.4, -0.2) is 144 Å². The summed E-state index contributed by atoms with van der Waals surface area (Å²) in [6, 6.07) is 0. The third-order valence-corrected chi connectivity index (χ3v) is 8.10. The van der Waals surface area contributed by atoms with Gasteiger partial charge in [0.1, 0.15) is 18.3 Å². The van der Waals surface area contributed by atoms with Gasteiger partial charge < -0.3 is 54.0 Å². The monoisotopic (exact) mass is 678 g/mol. The van der Waals surface area contributed by atoms with Crippen molar-refractivity contribution in [3.05, 3.63) is 0 Å². The van der Waals surface area contributed by atoms with Crippen LogP contribution in [0.25, 0.3) is 0 Å². The molecule has 2 rings (SSSR count). The van der Waals surface area contributed by atoms with E-state index in [0.717, 1.165) is 6.92 Å². The maximum Gasteiger partial charge on any atom is 0.304 e. The molecule has 0 aromatic carbocycles. The number of aliphatic hydroxyl groups is 5. The van der Waals surface area contributed by atoms with Crippen LogP contribution in [0.3, 0.4) is 0 Å². The number of carbonyl (C=O) groups excluding carboxylic acids is 8. The Hall–Kier alpha value is -3.56. The Balaban J connectivity index is 3.06. The van der Waals surface area contributed by atoms with Gasteiger partial charge in [-0.3, -0.25) is 38.4 Å². The van der Waals surface area contributed by atoms with E-state index in [1.165, 1.54) is 0 Å². The van der Waals surface area contributed by atoms with E-state index in [0.29, 0.717) is 48.5 Å². The number of carbonyl (C=O) groups is 8. The largest absolute Gasteiger partial charge is 0.457 e. The predicted octanol–water partition coefficient (Wildman–Crippen LogP) is -3.89. The van der Waals surface area contributed by atoms with Gasteiger partial charge >= 0.3 is 17.9 Å². The Bertz CT molecular complexity index is 1360. The van der Waals surface area contributed by atoms with Crippen LogP contribution in [0.1, 0.15) is 55.4 Å². The molecule has 0 saturated carbocycles. The highest BCUT2D eigenvalue weighted by molar-refractivity contribution is 6.13. The van der Waals surface area contributed by atoms with Gasteiger partial charge in [0, 0.05) is 27.7 Å². The highest BCUT2D eigenvalue weighted by Crippen LogP contribution is 2.58. The van der Waals surface area contributed by atoms with Gasteiger partial charge in [0.25, 0.3) is 17.0 Å². The Morgan fingerprint density at radius 3 is 1.51 bits per heavy atom. The molecule has 5 N–H and O–H groups in total. The zero-order valence-corrected chi connectivity index (χ0v) is 26.8. The molecule has 2 fully saturated rings. The summed E-state index contributed by atoms with van der Waals surface area (Å²) < 4.78 is 31.5. The van der Waals surface area contributed by atoms with E-state index in [1.807, 2.05) is 0 Å². The Morgan fingerprint density at radius 1 is 0.660 bits per heavy atom. The summed E-state index contributed by atoms with van der Waals surface area (Å²) in [6.45, 7) is 2.32. The van der Waals surface area contributed by atoms with Crippen molar-refractivity contribution >= 4 is 46.8 Å². The third-order valence-electron chi connectivity index (χ3n) is 8.10. The molecule has 19 nitrogen and oxygen atoms in total. The molecule has 0 aliphatic carbocycles. The normalized spacial score (nSPS) is 38.4. The summed E-state index contributed by atoms with van der Waals surface area (Å²) in [4.78, 5) is 104. The van der Waals surface area contributed by atoms with Crippen LogP contribution in [0.4, 0.5) is 0 Å². The predicted molar refractivity (Wildman–Crippen MR) is 145 cm³/mol. The second kappa shape index (κ2) is 13.5. The Kier molecular flexibility index (Phi) is 11.4. The zero-order valence-electron chi connectivity index (χ0n) is 26.8. The lowest BCUT2D eigenvalue weighted by Crippen LogP contribution is -2.95. The fourth-order valence-electron chi connectivity index (χ4n) is 6.17. The maximum atomic E-state index is 13.8. The second-order valence-corrected chi connectivity index (χ2v) is 11.2. The average Bonchev–Trinajstić information content (AvgIpc) is 2.93. The molecule has 2 saturated heterocycles. The fourth-order valence-corrected chi connectivity index (χ4v) is 6.17. The minimum absolute atomic E-state index is 0.515. The van der Waals surface area contributed by atoms with Gasteiger partial charge in [-0.05, 0) is 27.7 Å². The molecule has 0 unspecified atom stereocenters. The number of rotatable bonds is 12. The molecule has 47 heavy (non-hydrogen) atoms. The molecule has 19 heteroatoms. The lowest BCUT2D eigenvalue weighted by atomic mass is 9.53. The van der Waals surface area contributed by atoms with Gasteiger partial charge in [0.05, 0.1) is 13.2 Å². The molecule has 2 aliphatic heterocycles. The minimum Gasteiger partial charge on any atom is -0.457 e. The van der Waals surface area contributed by atoms with Gasteiger partial charge in [0.2, 0.25) is 5.60 Å². The minimum atomic E-state index is -4.03. The maximum absolute atomic E-state index is 13.8. The van der Waals surface area contributed by atoms with Crippen molar-refractivity contribution in [2.45, 2.75) is 114 Å². The van der Waals surface area contributed by atoms with Crippen LogP contribution in [0.15, 0.2) is 0 Å². The molecular weight excluding hydrogens is 640 g/mol. The fraction of sp³-hybridized carbons (Fsp3) is 0.714. The van der Waals surface area contributed by atoms with Gasteiger partial charge in [-0.25, -0.2) is 0 Å². The van der Waals surface area contributed by atoms with E-state index in [9.17, 15) is 63.9 Å². The van der Waals surface area contributed by atoms with Gasteiger partial charge in [-0.2, -0.15) is 0 Å². The quantitative estimate of drug-likeness (QED) is 0.0973. The van der Waals surface area contributed by atoms with E-state index in [-0.39, 0.29) is 0 Å². The van der Waals surface area contributed by atoms with E-state index in [4.69, 9.17) is 28.4 Å². The third kappa shape index (κ3) is 5.69. The SMILES string of the molecule is CC(=O)O[C@H]1[C@@H](O)[C@@H](O)[C@@H](OC[C@@]2(C(C)=O)O[C@@](O)(C(C)=O)[C@](OC(C)=O)(C(C)=O)[C@](OC(C)=O)(C(C)=O)[C@]2(O)C(C)=O)O[C@@H]1CO. The van der Waals surface area contributed by atoms with Crippen LogP contribution in [0.5, 0.6) is 0 Å². The molecule has 0 bridgehead atoms. The van der Waals surface area contributed by atoms with Crippen molar-refractivity contribution in [2.24, 2.45) is 0 Å². The number of hydrogen-bond acceptors (Lipinski definition) is 19. The van der Waals surface area contributed by atoms with Gasteiger partial charge in [-0.15, -0.1) is 0 Å². The highest BCUT2D eigenvalue weighted by Gasteiger charge is 2.92. The molecule has 2 heterocycles. The van der Waals surface area contributed by atoms with Crippen molar-refractivity contribution < 1.29 is 92.3 Å². The Morgan fingerprint density at radius 2 is 1.15 bits per heavy atom. The van der Waals surface area contributed by atoms with Crippen molar-refractivity contribution in [3.8, 4) is 0 Å². The molecule has 0 aromatic rings. The molecule has 0 spiro atoms. The summed E-state index contributed by atoms with van der Waals surface area (Å²) >= 11 is 0. The molecule has 0 radical (unpaired) electrons. The summed E-state index contributed by atoms with van der Waals surface area (Å²) in [5.74, 6) is -16.4. The first-order valence-electron chi connectivity index (χ1n) is 13.9. The van der Waals surface area contributed by atoms with Crippen LogP contribution in [0, 0.1) is 0 Å². The number of aliphatic hydroxyl groups excluding tert-OH is 3. The first kappa shape index (κ1) is 39.6. The van der Waals surface area contributed by atoms with E-state index in [1.54, 1.807) is 0 Å². The highest BCUT2D eigenvalue weighted by atomic mass is 16.7. The van der Waals surface area contributed by atoms with Crippen molar-refractivity contribution in [2.75, 3.05) is 13.2 Å². The number of ether oxygens (including phenoxy) is 6. The smallest absolute Gasteiger partial charge is 0.304 e. The van der Waals surface area contributed by atoms with Crippen molar-refractivity contribution in [1.82, 2.24) is 0 Å². The molecule has 264 valence electrons. The van der Waals surface area contributed by atoms with Crippen LogP contribution < -0.4 is 0 Å². The van der Waals surface area contributed by atoms with E-state index < -0.39 is 119 Å². The van der Waals surface area contributed by atoms with Crippen LogP contribution >= 0.6 is 0 Å². The summed E-state index contributed by atoms with van der Waals surface area (Å²) in [5.41, 5.74) is -15.5. The first-order valence-corrected chi connectivity index (χ1v) is 13.9. The zero-order chi connectivity index (χ0) is 36.7. The lowest BCUT2D eigenvalue weighted by molar-refractivity contribution is -0.415. The van der Waals surface area contributed by atoms with Crippen LogP contribution in [0.2, 0.25) is 0 Å². The van der Waals surface area contributed by atoms with Gasteiger partial charge in [-0.1, -0.05) is 0 Å². The number of esters is 3. The first-order chi connectivity index (χ1) is 21.4. The molecule has 10 atom stereocenters. The van der Waals surface area contributed by atoms with Crippen LogP contribution in [-0.2, 0) is 66.8 Å². The van der Waals surface area contributed by atoms with Gasteiger partial charge in [0.15, 0.2) is 46.9 Å². The Labute approximate surface area is 267 Å². The summed E-state index contributed by atoms with van der Waals surface area (Å²) in [5, 5.41) is 55.5. The van der Waals surface area contributed by atoms with Crippen molar-refractivity contribution in [1.29, 1.82) is 0 Å². The summed E-state index contributed by atoms with van der Waals surface area (Å²) in [6.07, 6.45) is -9.64. The standard InChI is InChI=1S/C28H38O19/c1-11(30)24(10-42-23-21(39)20(38)22(43-16(6)35)19(9-29)44-23)25(40,12(2)31)26(13(3)32,45-17(7)36)27(14(4)33,46-18(8)37)28(41,47-24)15(5)34/h19-23,29,38-41H,9-10H2,1-8H3/t19-,20+,21-,22-,23+,24+,25+,26+,27+,28+/m1/s1.